The van der Waals surface area contributed by atoms with E-state index in [-0.39, 0.29) is 0 Å². The fourth-order valence-corrected chi connectivity index (χ4v) is 2.73. The second-order valence-corrected chi connectivity index (χ2v) is 4.95. The number of nitrogens with two attached hydrogens (primary N) is 1. The van der Waals surface area contributed by atoms with Gasteiger partial charge >= 0.3 is 0 Å². The summed E-state index contributed by atoms with van der Waals surface area (Å²) in [4.78, 5) is 2.36. The van der Waals surface area contributed by atoms with E-state index < -0.39 is 0 Å². The average Bonchev–Trinajstić information content (AvgIpc) is 2.31. The molecule has 0 aromatic rings. The van der Waals surface area contributed by atoms with E-state index in [0.717, 1.165) is 18.6 Å². The zero-order valence-electron chi connectivity index (χ0n) is 10.8. The van der Waals surface area contributed by atoms with Crippen molar-refractivity contribution in [3.8, 4) is 0 Å². The first kappa shape index (κ1) is 15.6. The van der Waals surface area contributed by atoms with E-state index in [9.17, 15) is 0 Å². The topological polar surface area (TPSA) is 61.8 Å². The molecule has 5 heteroatoms. The fraction of sp³-hybridized carbons (Fsp3) is 0.909. The van der Waals surface area contributed by atoms with E-state index >= 15 is 0 Å². The molecule has 0 aromatic heterocycles. The van der Waals surface area contributed by atoms with Crippen molar-refractivity contribution >= 4 is 17.6 Å². The predicted molar refractivity (Wildman–Crippen MR) is 72.3 cm³/mol. The molecule has 3 N–H and O–H groups in total. The zero-order chi connectivity index (χ0) is 12.6. The monoisotopic (exact) mass is 247 g/mol. The van der Waals surface area contributed by atoms with Gasteiger partial charge in [0, 0.05) is 24.3 Å². The third-order valence-electron chi connectivity index (χ3n) is 3.03. The average molecular weight is 247 g/mol. The second kappa shape index (κ2) is 8.70. The van der Waals surface area contributed by atoms with Gasteiger partial charge in [0.05, 0.1) is 0 Å². The number of thioether (sulfide) groups is 1. The highest BCUT2D eigenvalue weighted by Crippen LogP contribution is 2.15. The van der Waals surface area contributed by atoms with E-state index in [0.29, 0.717) is 24.3 Å². The van der Waals surface area contributed by atoms with Gasteiger partial charge in [-0.1, -0.05) is 19.0 Å². The van der Waals surface area contributed by atoms with Crippen molar-refractivity contribution in [2.24, 2.45) is 10.9 Å². The molecule has 2 unspecified atom stereocenters. The van der Waals surface area contributed by atoms with Gasteiger partial charge in [-0.25, -0.2) is 0 Å². The van der Waals surface area contributed by atoms with Gasteiger partial charge in [0.25, 0.3) is 0 Å². The third-order valence-corrected chi connectivity index (χ3v) is 3.74. The van der Waals surface area contributed by atoms with E-state index in [1.165, 1.54) is 0 Å². The Kier molecular flexibility index (Phi) is 8.47. The lowest BCUT2D eigenvalue weighted by atomic mass is 10.1. The Balaban J connectivity index is 4.42. The summed E-state index contributed by atoms with van der Waals surface area (Å²) in [7, 11) is 2.13. The summed E-state index contributed by atoms with van der Waals surface area (Å²) in [5.41, 5.74) is 5.57. The molecular formula is C11H25N3OS. The molecule has 0 aromatic carbocycles. The number of rotatable bonds is 8. The van der Waals surface area contributed by atoms with Crippen LogP contribution < -0.4 is 5.73 Å². The fourth-order valence-electron chi connectivity index (χ4n) is 1.87. The summed E-state index contributed by atoms with van der Waals surface area (Å²) in [6.07, 6.45) is 4.90. The van der Waals surface area contributed by atoms with Crippen molar-refractivity contribution in [2.45, 2.75) is 45.2 Å². The Morgan fingerprint density at radius 1 is 1.38 bits per heavy atom. The predicted octanol–water partition coefficient (Wildman–Crippen LogP) is 1.97. The first-order valence-electron chi connectivity index (χ1n) is 5.77. The quantitative estimate of drug-likeness (QED) is 0.298. The van der Waals surface area contributed by atoms with Crippen molar-refractivity contribution < 1.29 is 5.21 Å². The third kappa shape index (κ3) is 5.07. The molecule has 0 bridgehead atoms. The van der Waals surface area contributed by atoms with Gasteiger partial charge in [-0.05, 0) is 26.1 Å². The molecule has 4 nitrogen and oxygen atoms in total. The highest BCUT2D eigenvalue weighted by molar-refractivity contribution is 7.98. The zero-order valence-corrected chi connectivity index (χ0v) is 11.6. The maximum Gasteiger partial charge on any atom is 0.140 e. The van der Waals surface area contributed by atoms with Crippen LogP contribution in [0.2, 0.25) is 0 Å². The number of hydrogen-bond donors (Lipinski definition) is 2. The van der Waals surface area contributed by atoms with Crippen LogP contribution in [0, 0.1) is 0 Å². The maximum absolute atomic E-state index is 8.60. The van der Waals surface area contributed by atoms with Crippen LogP contribution in [-0.2, 0) is 0 Å². The number of oxime groups is 1. The van der Waals surface area contributed by atoms with Gasteiger partial charge in [-0.3, -0.25) is 4.90 Å². The first-order valence-corrected chi connectivity index (χ1v) is 7.17. The minimum absolute atomic E-state index is 0.317. The van der Waals surface area contributed by atoms with Crippen molar-refractivity contribution in [2.75, 3.05) is 19.1 Å². The van der Waals surface area contributed by atoms with Gasteiger partial charge in [0.1, 0.15) is 5.84 Å². The first-order chi connectivity index (χ1) is 7.60. The molecule has 0 fully saturated rings. The van der Waals surface area contributed by atoms with Crippen molar-refractivity contribution in [1.29, 1.82) is 0 Å². The molecular weight excluding hydrogens is 222 g/mol. The van der Waals surface area contributed by atoms with Crippen molar-refractivity contribution in [3.05, 3.63) is 0 Å². The normalized spacial score (nSPS) is 16.4. The molecule has 0 aliphatic heterocycles. The molecule has 0 aliphatic rings. The molecule has 0 rings (SSSR count). The van der Waals surface area contributed by atoms with Gasteiger partial charge in [0.15, 0.2) is 0 Å². The molecule has 0 heterocycles. The van der Waals surface area contributed by atoms with Gasteiger partial charge in [-0.2, -0.15) is 11.8 Å². The number of nitrogens with zero attached hydrogens (tertiary/aromatic N) is 2. The smallest absolute Gasteiger partial charge is 0.140 e. The molecule has 0 amide bonds. The molecule has 0 saturated heterocycles. The number of hydrogen-bond acceptors (Lipinski definition) is 4. The maximum atomic E-state index is 8.60. The Morgan fingerprint density at radius 3 is 2.31 bits per heavy atom. The Bertz CT molecular complexity index is 211. The van der Waals surface area contributed by atoms with E-state index in [4.69, 9.17) is 10.9 Å². The minimum Gasteiger partial charge on any atom is -0.409 e. The lowest BCUT2D eigenvalue weighted by molar-refractivity contribution is 0.180. The lowest BCUT2D eigenvalue weighted by Crippen LogP contribution is -2.43. The summed E-state index contributed by atoms with van der Waals surface area (Å²) in [6, 6.07) is 0.916. The summed E-state index contributed by atoms with van der Waals surface area (Å²) in [5, 5.41) is 11.7. The molecule has 0 saturated carbocycles. The highest BCUT2D eigenvalue weighted by atomic mass is 32.2. The molecule has 0 spiro atoms. The standard InChI is InChI=1S/C11H25N3OS/c1-5-9(7-11(12)13-15)14(3)10(6-2)8-16-4/h9-10,15H,5-8H2,1-4H3,(H2,12,13). The van der Waals surface area contributed by atoms with Crippen LogP contribution in [0.15, 0.2) is 5.16 Å². The molecule has 96 valence electrons. The Hall–Kier alpha value is -0.420. The molecule has 0 radical (unpaired) electrons. The lowest BCUT2D eigenvalue weighted by Gasteiger charge is -2.33. The van der Waals surface area contributed by atoms with Crippen LogP contribution in [0.5, 0.6) is 0 Å². The minimum atomic E-state index is 0.317. The van der Waals surface area contributed by atoms with Crippen LogP contribution in [0.4, 0.5) is 0 Å². The molecule has 0 aliphatic carbocycles. The number of amidine groups is 1. The van der Waals surface area contributed by atoms with Crippen LogP contribution in [-0.4, -0.2) is 47.1 Å². The van der Waals surface area contributed by atoms with Gasteiger partial charge in [-0.15, -0.1) is 0 Å². The SMILES string of the molecule is CCC(CSC)N(C)C(CC)CC(N)=NO. The van der Waals surface area contributed by atoms with Crippen LogP contribution in [0.3, 0.4) is 0 Å². The Morgan fingerprint density at radius 2 is 1.94 bits per heavy atom. The summed E-state index contributed by atoms with van der Waals surface area (Å²) < 4.78 is 0. The summed E-state index contributed by atoms with van der Waals surface area (Å²) in [5.74, 6) is 1.44. The van der Waals surface area contributed by atoms with Crippen LogP contribution in [0.25, 0.3) is 0 Å². The van der Waals surface area contributed by atoms with Crippen molar-refractivity contribution in [1.82, 2.24) is 4.90 Å². The highest BCUT2D eigenvalue weighted by Gasteiger charge is 2.21. The molecule has 16 heavy (non-hydrogen) atoms. The summed E-state index contributed by atoms with van der Waals surface area (Å²) in [6.45, 7) is 4.34. The largest absolute Gasteiger partial charge is 0.409 e. The van der Waals surface area contributed by atoms with E-state index in [1.807, 2.05) is 11.8 Å². The van der Waals surface area contributed by atoms with Crippen molar-refractivity contribution in [3.63, 3.8) is 0 Å². The van der Waals surface area contributed by atoms with E-state index in [2.05, 4.69) is 37.2 Å². The second-order valence-electron chi connectivity index (χ2n) is 4.04. The van der Waals surface area contributed by atoms with Gasteiger partial charge in [0.2, 0.25) is 0 Å². The Labute approximate surface area is 103 Å². The van der Waals surface area contributed by atoms with Gasteiger partial charge < -0.3 is 10.9 Å². The van der Waals surface area contributed by atoms with Crippen LogP contribution in [0.1, 0.15) is 33.1 Å². The molecule has 2 atom stereocenters. The summed E-state index contributed by atoms with van der Waals surface area (Å²) >= 11 is 1.86. The van der Waals surface area contributed by atoms with E-state index in [1.54, 1.807) is 0 Å². The van der Waals surface area contributed by atoms with Crippen LogP contribution >= 0.6 is 11.8 Å².